The highest BCUT2D eigenvalue weighted by atomic mass is 19.1. The molecule has 2 nitrogen and oxygen atoms in total. The van der Waals surface area contributed by atoms with E-state index in [2.05, 4.69) is 41.9 Å². The normalized spacial score (nSPS) is 21.3. The Balaban J connectivity index is 1.70. The van der Waals surface area contributed by atoms with Gasteiger partial charge in [0.2, 0.25) is 0 Å². The van der Waals surface area contributed by atoms with Crippen LogP contribution in [0.1, 0.15) is 38.7 Å². The molecule has 0 radical (unpaired) electrons. The molecule has 2 aromatic carbocycles. The first-order chi connectivity index (χ1) is 12.6. The van der Waals surface area contributed by atoms with Crippen LogP contribution in [0.15, 0.2) is 48.5 Å². The van der Waals surface area contributed by atoms with E-state index in [1.54, 1.807) is 12.1 Å². The van der Waals surface area contributed by atoms with Gasteiger partial charge in [0.05, 0.1) is 0 Å². The summed E-state index contributed by atoms with van der Waals surface area (Å²) in [6.45, 7) is 5.74. The van der Waals surface area contributed by atoms with Crippen molar-refractivity contribution in [3.63, 3.8) is 0 Å². The summed E-state index contributed by atoms with van der Waals surface area (Å²) >= 11 is 0. The van der Waals surface area contributed by atoms with E-state index >= 15 is 0 Å². The molecule has 4 rings (SSSR count). The molecule has 1 N–H and O–H groups in total. The molecule has 2 unspecified atom stereocenters. The summed E-state index contributed by atoms with van der Waals surface area (Å²) in [5.41, 5.74) is 4.41. The molecule has 3 aromatic rings. The van der Waals surface area contributed by atoms with E-state index in [-0.39, 0.29) is 5.82 Å². The molecule has 1 saturated heterocycles. The van der Waals surface area contributed by atoms with Gasteiger partial charge in [-0.25, -0.2) is 4.39 Å². The quantitative estimate of drug-likeness (QED) is 0.632. The van der Waals surface area contributed by atoms with Gasteiger partial charge in [-0.15, -0.1) is 0 Å². The fourth-order valence-corrected chi connectivity index (χ4v) is 4.51. The number of nitrogens with one attached hydrogen (secondary N) is 1. The summed E-state index contributed by atoms with van der Waals surface area (Å²) in [5.74, 6) is -0.189. The average Bonchev–Trinajstić information content (AvgIpc) is 3.00. The van der Waals surface area contributed by atoms with Gasteiger partial charge in [-0.1, -0.05) is 36.8 Å². The maximum Gasteiger partial charge on any atom is 0.123 e. The van der Waals surface area contributed by atoms with Gasteiger partial charge in [0, 0.05) is 40.8 Å². The van der Waals surface area contributed by atoms with Crippen molar-refractivity contribution < 1.29 is 4.39 Å². The number of benzene rings is 2. The lowest BCUT2D eigenvalue weighted by atomic mass is 9.96. The number of fused-ring (bicyclic) bond motifs is 1. The number of halogens is 1. The molecule has 3 heteroatoms. The highest BCUT2D eigenvalue weighted by Gasteiger charge is 2.25. The van der Waals surface area contributed by atoms with Crippen LogP contribution in [-0.2, 0) is 6.42 Å². The van der Waals surface area contributed by atoms with Crippen molar-refractivity contribution in [1.29, 1.82) is 0 Å². The molecule has 1 fully saturated rings. The number of aromatic nitrogens is 1. The van der Waals surface area contributed by atoms with Crippen molar-refractivity contribution in [3.05, 3.63) is 59.9 Å². The van der Waals surface area contributed by atoms with Crippen LogP contribution in [-0.4, -0.2) is 28.5 Å². The zero-order valence-corrected chi connectivity index (χ0v) is 15.6. The molecule has 2 heterocycles. The lowest BCUT2D eigenvalue weighted by Gasteiger charge is -2.39. The van der Waals surface area contributed by atoms with Crippen molar-refractivity contribution in [2.75, 3.05) is 6.54 Å². The number of rotatable bonds is 4. The Kier molecular flexibility index (Phi) is 4.82. The number of hydrogen-bond acceptors (Lipinski definition) is 1. The Labute approximate surface area is 155 Å². The Morgan fingerprint density at radius 1 is 1.04 bits per heavy atom. The van der Waals surface area contributed by atoms with E-state index in [1.807, 2.05) is 12.1 Å². The average molecular weight is 350 g/mol. The Morgan fingerprint density at radius 2 is 1.81 bits per heavy atom. The topological polar surface area (TPSA) is 19.0 Å². The van der Waals surface area contributed by atoms with E-state index in [9.17, 15) is 4.39 Å². The molecule has 0 bridgehead atoms. The van der Waals surface area contributed by atoms with Crippen LogP contribution in [0, 0.1) is 5.82 Å². The van der Waals surface area contributed by atoms with Crippen molar-refractivity contribution >= 4 is 10.9 Å². The van der Waals surface area contributed by atoms with Gasteiger partial charge in [0.25, 0.3) is 0 Å². The smallest absolute Gasteiger partial charge is 0.123 e. The summed E-state index contributed by atoms with van der Waals surface area (Å²) < 4.78 is 13.8. The van der Waals surface area contributed by atoms with Crippen LogP contribution in [0.3, 0.4) is 0 Å². The molecule has 0 spiro atoms. The first-order valence-corrected chi connectivity index (χ1v) is 9.75. The maximum absolute atomic E-state index is 13.8. The van der Waals surface area contributed by atoms with Crippen LogP contribution >= 0.6 is 0 Å². The van der Waals surface area contributed by atoms with Crippen molar-refractivity contribution in [2.45, 2.75) is 51.6 Å². The maximum atomic E-state index is 13.8. The monoisotopic (exact) mass is 350 g/mol. The van der Waals surface area contributed by atoms with Gasteiger partial charge in [-0.2, -0.15) is 0 Å². The second-order valence-corrected chi connectivity index (χ2v) is 7.65. The van der Waals surface area contributed by atoms with E-state index in [4.69, 9.17) is 0 Å². The highest BCUT2D eigenvalue weighted by molar-refractivity contribution is 5.90. The summed E-state index contributed by atoms with van der Waals surface area (Å²) in [7, 11) is 0. The van der Waals surface area contributed by atoms with Gasteiger partial charge in [-0.05, 0) is 56.9 Å². The first kappa shape index (κ1) is 17.3. The van der Waals surface area contributed by atoms with Crippen molar-refractivity contribution in [1.82, 2.24) is 9.88 Å². The lowest BCUT2D eigenvalue weighted by molar-refractivity contribution is 0.105. The third-order valence-corrected chi connectivity index (χ3v) is 5.92. The van der Waals surface area contributed by atoms with Crippen LogP contribution < -0.4 is 0 Å². The lowest BCUT2D eigenvalue weighted by Crippen LogP contribution is -2.44. The molecule has 1 aromatic heterocycles. The molecular formula is C23H27FN2. The first-order valence-electron chi connectivity index (χ1n) is 9.75. The number of H-pyrrole nitrogens is 1. The van der Waals surface area contributed by atoms with E-state index in [0.29, 0.717) is 12.1 Å². The summed E-state index contributed by atoms with van der Waals surface area (Å²) in [4.78, 5) is 6.17. The van der Waals surface area contributed by atoms with Crippen LogP contribution in [0.2, 0.25) is 0 Å². The fourth-order valence-electron chi connectivity index (χ4n) is 4.51. The van der Waals surface area contributed by atoms with E-state index in [1.165, 1.54) is 36.3 Å². The number of para-hydroxylation sites is 1. The predicted molar refractivity (Wildman–Crippen MR) is 107 cm³/mol. The standard InChI is InChI=1S/C23H27FN2/c1-16-7-5-8-17(2)26(16)14-13-21-20-11-3-4-12-22(20)25-23(21)18-9-6-10-19(24)15-18/h3-4,6,9-12,15-17,25H,5,7-8,13-14H2,1-2H3. The number of aromatic amines is 1. The minimum Gasteiger partial charge on any atom is -0.354 e. The van der Waals surface area contributed by atoms with Gasteiger partial charge in [0.15, 0.2) is 0 Å². The Bertz CT molecular complexity index is 888. The Morgan fingerprint density at radius 3 is 2.58 bits per heavy atom. The molecule has 0 saturated carbocycles. The second-order valence-electron chi connectivity index (χ2n) is 7.65. The van der Waals surface area contributed by atoms with Crippen molar-refractivity contribution in [2.24, 2.45) is 0 Å². The number of piperidine rings is 1. The SMILES string of the molecule is CC1CCCC(C)N1CCc1c(-c2cccc(F)c2)[nH]c2ccccc12. The minimum atomic E-state index is -0.189. The van der Waals surface area contributed by atoms with Gasteiger partial charge >= 0.3 is 0 Å². The second kappa shape index (κ2) is 7.24. The zero-order valence-electron chi connectivity index (χ0n) is 15.6. The molecule has 136 valence electrons. The minimum absolute atomic E-state index is 0.189. The molecule has 26 heavy (non-hydrogen) atoms. The van der Waals surface area contributed by atoms with Crippen LogP contribution in [0.4, 0.5) is 4.39 Å². The summed E-state index contributed by atoms with van der Waals surface area (Å²) in [5, 5.41) is 1.25. The summed E-state index contributed by atoms with van der Waals surface area (Å²) in [6, 6.07) is 16.6. The third kappa shape index (κ3) is 3.28. The molecular weight excluding hydrogens is 323 g/mol. The van der Waals surface area contributed by atoms with E-state index in [0.717, 1.165) is 29.7 Å². The van der Waals surface area contributed by atoms with Crippen LogP contribution in [0.25, 0.3) is 22.2 Å². The zero-order chi connectivity index (χ0) is 18.1. The van der Waals surface area contributed by atoms with Gasteiger partial charge < -0.3 is 4.98 Å². The fraction of sp³-hybridized carbons (Fsp3) is 0.391. The largest absolute Gasteiger partial charge is 0.354 e. The number of nitrogens with zero attached hydrogens (tertiary/aromatic N) is 1. The summed E-state index contributed by atoms with van der Waals surface area (Å²) in [6.07, 6.45) is 4.88. The van der Waals surface area contributed by atoms with Crippen molar-refractivity contribution in [3.8, 4) is 11.3 Å². The Hall–Kier alpha value is -2.13. The van der Waals surface area contributed by atoms with Crippen LogP contribution in [0.5, 0.6) is 0 Å². The molecule has 1 aliphatic rings. The molecule has 0 amide bonds. The predicted octanol–water partition coefficient (Wildman–Crippen LogP) is 5.78. The molecule has 2 atom stereocenters. The number of likely N-dealkylation sites (tertiary alicyclic amines) is 1. The number of hydrogen-bond donors (Lipinski definition) is 1. The third-order valence-electron chi connectivity index (χ3n) is 5.92. The highest BCUT2D eigenvalue weighted by Crippen LogP contribution is 2.32. The van der Waals surface area contributed by atoms with E-state index < -0.39 is 0 Å². The van der Waals surface area contributed by atoms with Gasteiger partial charge in [0.1, 0.15) is 5.82 Å². The molecule has 0 aliphatic carbocycles. The van der Waals surface area contributed by atoms with Gasteiger partial charge in [-0.3, -0.25) is 4.90 Å². The molecule has 1 aliphatic heterocycles.